The molecule has 0 heterocycles. The largest absolute Gasteiger partial charge is 0.350 e. The third-order valence-corrected chi connectivity index (χ3v) is 4.20. The van der Waals surface area contributed by atoms with Crippen LogP contribution < -0.4 is 9.62 Å². The van der Waals surface area contributed by atoms with E-state index in [1.807, 2.05) is 50.2 Å². The molecule has 0 fully saturated rings. The zero-order valence-corrected chi connectivity index (χ0v) is 14.0. The van der Waals surface area contributed by atoms with Crippen molar-refractivity contribution in [2.45, 2.75) is 20.4 Å². The summed E-state index contributed by atoms with van der Waals surface area (Å²) >= 11 is 0. The number of thiol groups is 1. The molecule has 1 amide bonds. The summed E-state index contributed by atoms with van der Waals surface area (Å²) in [4.78, 5) is 12.0. The third-order valence-electron chi connectivity index (χ3n) is 3.43. The molecule has 0 bridgehead atoms. The number of nitrogens with zero attached hydrogens (tertiary/aromatic N) is 1. The maximum absolute atomic E-state index is 12.0. The number of aryl methyl sites for hydroxylation is 2. The smallest absolute Gasteiger partial charge is 0.241 e. The van der Waals surface area contributed by atoms with Gasteiger partial charge >= 0.3 is 0 Å². The molecule has 0 saturated heterocycles. The van der Waals surface area contributed by atoms with Gasteiger partial charge in [-0.15, -0.1) is 0 Å². The monoisotopic (exact) mass is 332 g/mol. The maximum atomic E-state index is 12.0. The summed E-state index contributed by atoms with van der Waals surface area (Å²) in [5, 5.41) is 2.74. The van der Waals surface area contributed by atoms with E-state index < -0.39 is 10.9 Å². The summed E-state index contributed by atoms with van der Waals surface area (Å²) in [7, 11) is -2.88. The van der Waals surface area contributed by atoms with Crippen LogP contribution in [0, 0.1) is 13.8 Å². The Labute approximate surface area is 138 Å². The van der Waals surface area contributed by atoms with Crippen LogP contribution in [0.5, 0.6) is 0 Å². The van der Waals surface area contributed by atoms with E-state index in [0.29, 0.717) is 12.2 Å². The van der Waals surface area contributed by atoms with Gasteiger partial charge in [-0.2, -0.15) is 0 Å². The van der Waals surface area contributed by atoms with Crippen molar-refractivity contribution in [3.8, 4) is 0 Å². The number of hydrogen-bond acceptors (Lipinski definition) is 3. The summed E-state index contributed by atoms with van der Waals surface area (Å²) in [5.41, 5.74) is 3.63. The molecule has 2 aromatic rings. The average Bonchev–Trinajstić information content (AvgIpc) is 2.53. The standard InChI is InChI=1S/C17H20N2O3S/c1-13-3-7-15(8-4-13)11-18-17(20)12-19(23(21)22)16-9-5-14(2)6-10-16/h3-10,23H,11-12H2,1-2H3,(H,18,20). The quantitative estimate of drug-likeness (QED) is 0.795. The minimum atomic E-state index is -2.88. The van der Waals surface area contributed by atoms with Crippen LogP contribution in [0.25, 0.3) is 0 Å². The molecule has 122 valence electrons. The van der Waals surface area contributed by atoms with E-state index in [0.717, 1.165) is 21.0 Å². The molecule has 0 aromatic heterocycles. The molecule has 0 aliphatic carbocycles. The molecule has 2 rings (SSSR count). The molecule has 0 saturated carbocycles. The first-order chi connectivity index (χ1) is 11.0. The molecule has 0 spiro atoms. The lowest BCUT2D eigenvalue weighted by Crippen LogP contribution is -2.36. The van der Waals surface area contributed by atoms with Crippen LogP contribution in [-0.2, 0) is 22.2 Å². The van der Waals surface area contributed by atoms with E-state index in [9.17, 15) is 13.2 Å². The minimum absolute atomic E-state index is 0.229. The first-order valence-corrected chi connectivity index (χ1v) is 8.39. The first kappa shape index (κ1) is 17.0. The second-order valence-corrected chi connectivity index (χ2v) is 6.35. The fraction of sp³-hybridized carbons (Fsp3) is 0.235. The Morgan fingerprint density at radius 1 is 0.957 bits per heavy atom. The van der Waals surface area contributed by atoms with E-state index in [1.54, 1.807) is 12.1 Å². The van der Waals surface area contributed by atoms with Crippen LogP contribution in [0.2, 0.25) is 0 Å². The Hall–Kier alpha value is -2.34. The van der Waals surface area contributed by atoms with Crippen molar-refractivity contribution in [3.05, 3.63) is 65.2 Å². The number of anilines is 1. The van der Waals surface area contributed by atoms with Gasteiger partial charge in [0.05, 0.1) is 5.69 Å². The van der Waals surface area contributed by atoms with Gasteiger partial charge in [0, 0.05) is 6.54 Å². The second-order valence-electron chi connectivity index (χ2n) is 5.39. The number of hydrogen-bond donors (Lipinski definition) is 2. The molecule has 0 atom stereocenters. The Kier molecular flexibility index (Phi) is 5.76. The topological polar surface area (TPSA) is 66.5 Å². The van der Waals surface area contributed by atoms with Crippen LogP contribution in [0.4, 0.5) is 5.69 Å². The maximum Gasteiger partial charge on any atom is 0.241 e. The third kappa shape index (κ3) is 5.10. The predicted molar refractivity (Wildman–Crippen MR) is 91.9 cm³/mol. The number of amides is 1. The van der Waals surface area contributed by atoms with Crippen molar-refractivity contribution in [1.82, 2.24) is 5.32 Å². The highest BCUT2D eigenvalue weighted by Gasteiger charge is 2.13. The van der Waals surface area contributed by atoms with Gasteiger partial charge in [-0.05, 0) is 31.5 Å². The van der Waals surface area contributed by atoms with E-state index in [2.05, 4.69) is 5.32 Å². The molecule has 23 heavy (non-hydrogen) atoms. The zero-order valence-electron chi connectivity index (χ0n) is 13.2. The fourth-order valence-corrected chi connectivity index (χ4v) is 2.62. The van der Waals surface area contributed by atoms with Crippen LogP contribution in [0.3, 0.4) is 0 Å². The summed E-state index contributed by atoms with van der Waals surface area (Å²) in [6.45, 7) is 4.05. The van der Waals surface area contributed by atoms with Crippen molar-refractivity contribution in [2.75, 3.05) is 10.8 Å². The minimum Gasteiger partial charge on any atom is -0.350 e. The van der Waals surface area contributed by atoms with E-state index in [4.69, 9.17) is 0 Å². The molecule has 6 heteroatoms. The molecule has 0 unspecified atom stereocenters. The van der Waals surface area contributed by atoms with Gasteiger partial charge in [-0.25, -0.2) is 8.42 Å². The van der Waals surface area contributed by atoms with Gasteiger partial charge in [-0.1, -0.05) is 47.5 Å². The highest BCUT2D eigenvalue weighted by atomic mass is 32.2. The van der Waals surface area contributed by atoms with Gasteiger partial charge in [0.15, 0.2) is 0 Å². The van der Waals surface area contributed by atoms with Gasteiger partial charge in [-0.3, -0.25) is 9.10 Å². The van der Waals surface area contributed by atoms with Gasteiger partial charge < -0.3 is 5.32 Å². The van der Waals surface area contributed by atoms with E-state index in [1.165, 1.54) is 0 Å². The lowest BCUT2D eigenvalue weighted by atomic mass is 10.1. The summed E-state index contributed by atoms with van der Waals surface area (Å²) in [6, 6.07) is 14.8. The molecule has 2 aromatic carbocycles. The van der Waals surface area contributed by atoms with Crippen LogP contribution in [-0.4, -0.2) is 20.9 Å². The molecule has 0 aliphatic rings. The first-order valence-electron chi connectivity index (χ1n) is 7.26. The lowest BCUT2D eigenvalue weighted by Gasteiger charge is -2.17. The number of carbonyl (C=O) groups excluding carboxylic acids is 1. The van der Waals surface area contributed by atoms with E-state index in [-0.39, 0.29) is 12.5 Å². The molecule has 0 radical (unpaired) electrons. The molecular weight excluding hydrogens is 312 g/mol. The molecular formula is C17H20N2O3S. The normalized spacial score (nSPS) is 10.6. The molecule has 0 aliphatic heterocycles. The van der Waals surface area contributed by atoms with E-state index >= 15 is 0 Å². The SMILES string of the molecule is Cc1ccc(CNC(=O)CN(c2ccc(C)cc2)[SH](=O)=O)cc1. The van der Waals surface area contributed by atoms with Crippen LogP contribution in [0.1, 0.15) is 16.7 Å². The highest BCUT2D eigenvalue weighted by molar-refractivity contribution is 7.74. The van der Waals surface area contributed by atoms with Crippen molar-refractivity contribution in [2.24, 2.45) is 0 Å². The van der Waals surface area contributed by atoms with Crippen molar-refractivity contribution >= 4 is 22.5 Å². The van der Waals surface area contributed by atoms with Crippen LogP contribution in [0.15, 0.2) is 48.5 Å². The van der Waals surface area contributed by atoms with Gasteiger partial charge in [0.2, 0.25) is 16.8 Å². The number of nitrogens with one attached hydrogen (secondary N) is 1. The second kappa shape index (κ2) is 7.78. The Morgan fingerprint density at radius 2 is 1.48 bits per heavy atom. The highest BCUT2D eigenvalue weighted by Crippen LogP contribution is 2.14. The van der Waals surface area contributed by atoms with Crippen molar-refractivity contribution < 1.29 is 13.2 Å². The Morgan fingerprint density at radius 3 is 2.00 bits per heavy atom. The number of benzene rings is 2. The Bertz CT molecular complexity index is 729. The number of rotatable bonds is 6. The molecule has 1 N–H and O–H groups in total. The van der Waals surface area contributed by atoms with Crippen LogP contribution >= 0.6 is 0 Å². The zero-order chi connectivity index (χ0) is 16.8. The average molecular weight is 332 g/mol. The fourth-order valence-electron chi connectivity index (χ4n) is 2.06. The van der Waals surface area contributed by atoms with Crippen molar-refractivity contribution in [1.29, 1.82) is 0 Å². The number of carbonyl (C=O) groups is 1. The summed E-state index contributed by atoms with van der Waals surface area (Å²) < 4.78 is 23.9. The van der Waals surface area contributed by atoms with Gasteiger partial charge in [0.1, 0.15) is 6.54 Å². The predicted octanol–water partition coefficient (Wildman–Crippen LogP) is 1.95. The molecule has 5 nitrogen and oxygen atoms in total. The van der Waals surface area contributed by atoms with Gasteiger partial charge in [0.25, 0.3) is 0 Å². The lowest BCUT2D eigenvalue weighted by molar-refractivity contribution is -0.119. The summed E-state index contributed by atoms with van der Waals surface area (Å²) in [5.74, 6) is -0.342. The Balaban J connectivity index is 1.98. The van der Waals surface area contributed by atoms with Crippen molar-refractivity contribution in [3.63, 3.8) is 0 Å². The summed E-state index contributed by atoms with van der Waals surface area (Å²) in [6.07, 6.45) is 0.